The Morgan fingerprint density at radius 2 is 2.05 bits per heavy atom. The van der Waals surface area contributed by atoms with Crippen molar-refractivity contribution < 1.29 is 12.8 Å². The molecule has 0 saturated heterocycles. The maximum Gasteiger partial charge on any atom is 0.258 e. The first-order chi connectivity index (χ1) is 9.86. The maximum atomic E-state index is 13.7. The molecule has 3 heterocycles. The summed E-state index contributed by atoms with van der Waals surface area (Å²) in [5, 5.41) is 3.49. The van der Waals surface area contributed by atoms with Crippen molar-refractivity contribution in [1.29, 1.82) is 0 Å². The molecular formula is C10H8FN7O2S. The zero-order valence-electron chi connectivity index (χ0n) is 10.6. The van der Waals surface area contributed by atoms with Crippen LogP contribution in [0, 0.1) is 5.82 Å². The topological polar surface area (TPSA) is 129 Å². The number of hydrogen-bond acceptors (Lipinski definition) is 8. The van der Waals surface area contributed by atoms with Crippen molar-refractivity contribution in [2.45, 2.75) is 5.16 Å². The summed E-state index contributed by atoms with van der Waals surface area (Å²) < 4.78 is 37.6. The van der Waals surface area contributed by atoms with E-state index in [1.807, 2.05) is 0 Å². The summed E-state index contributed by atoms with van der Waals surface area (Å²) in [6.45, 7) is 0. The average molecular weight is 309 g/mol. The van der Waals surface area contributed by atoms with Crippen LogP contribution in [0.1, 0.15) is 0 Å². The Labute approximate surface area is 117 Å². The van der Waals surface area contributed by atoms with Crippen molar-refractivity contribution in [2.24, 2.45) is 0 Å². The predicted molar refractivity (Wildman–Crippen MR) is 69.3 cm³/mol. The van der Waals surface area contributed by atoms with Crippen LogP contribution in [-0.4, -0.2) is 44.2 Å². The van der Waals surface area contributed by atoms with Crippen molar-refractivity contribution in [2.75, 3.05) is 12.0 Å². The molecule has 0 aliphatic heterocycles. The molecular weight excluding hydrogens is 301 g/mol. The minimum atomic E-state index is -3.65. The maximum absolute atomic E-state index is 13.7. The van der Waals surface area contributed by atoms with Crippen molar-refractivity contribution >= 4 is 21.6 Å². The molecule has 0 saturated carbocycles. The van der Waals surface area contributed by atoms with Crippen molar-refractivity contribution in [1.82, 2.24) is 29.5 Å². The number of nitrogens with two attached hydrogens (primary N) is 1. The zero-order valence-corrected chi connectivity index (χ0v) is 11.4. The Morgan fingerprint density at radius 3 is 2.71 bits per heavy atom. The molecule has 0 amide bonds. The van der Waals surface area contributed by atoms with Gasteiger partial charge in [0.05, 0.1) is 11.8 Å². The molecule has 0 bridgehead atoms. The van der Waals surface area contributed by atoms with Gasteiger partial charge in [0, 0.05) is 12.5 Å². The standard InChI is InChI=1S/C10H8FN7O2S/c1-21(19,20)10-15-8(12)18-9(16-10)14-7(17-18)5-2-3-13-4-6(5)11/h2-4H,1H3,(H2,12,14,15,16,17). The molecule has 108 valence electrons. The van der Waals surface area contributed by atoms with Gasteiger partial charge in [-0.25, -0.2) is 12.8 Å². The lowest BCUT2D eigenvalue weighted by Gasteiger charge is -1.99. The van der Waals surface area contributed by atoms with Crippen molar-refractivity contribution in [3.63, 3.8) is 0 Å². The summed E-state index contributed by atoms with van der Waals surface area (Å²) in [7, 11) is -3.65. The third-order valence-electron chi connectivity index (χ3n) is 2.56. The van der Waals surface area contributed by atoms with E-state index in [4.69, 9.17) is 5.73 Å². The highest BCUT2D eigenvalue weighted by molar-refractivity contribution is 7.90. The summed E-state index contributed by atoms with van der Waals surface area (Å²) >= 11 is 0. The number of aromatic nitrogens is 6. The Bertz CT molecular complexity index is 953. The van der Waals surface area contributed by atoms with Crippen LogP contribution < -0.4 is 5.73 Å². The fourth-order valence-corrected chi connectivity index (χ4v) is 2.13. The Hall–Kier alpha value is -2.69. The second-order valence-corrected chi connectivity index (χ2v) is 6.05. The van der Waals surface area contributed by atoms with Crippen LogP contribution in [0.5, 0.6) is 0 Å². The first-order valence-corrected chi connectivity index (χ1v) is 7.45. The van der Waals surface area contributed by atoms with E-state index in [-0.39, 0.29) is 23.1 Å². The van der Waals surface area contributed by atoms with Crippen LogP contribution in [0.2, 0.25) is 0 Å². The lowest BCUT2D eigenvalue weighted by atomic mass is 10.2. The molecule has 0 spiro atoms. The smallest absolute Gasteiger partial charge is 0.258 e. The normalized spacial score (nSPS) is 11.9. The van der Waals surface area contributed by atoms with E-state index < -0.39 is 20.8 Å². The molecule has 0 atom stereocenters. The fourth-order valence-electron chi connectivity index (χ4n) is 1.62. The van der Waals surface area contributed by atoms with E-state index in [2.05, 4.69) is 25.0 Å². The summed E-state index contributed by atoms with van der Waals surface area (Å²) in [5.41, 5.74) is 5.72. The van der Waals surface area contributed by atoms with Gasteiger partial charge in [-0.15, -0.1) is 5.10 Å². The molecule has 0 radical (unpaired) electrons. The van der Waals surface area contributed by atoms with Crippen LogP contribution in [0.15, 0.2) is 23.6 Å². The van der Waals surface area contributed by atoms with Gasteiger partial charge in [0.1, 0.15) is 0 Å². The number of sulfone groups is 1. The van der Waals surface area contributed by atoms with E-state index in [1.54, 1.807) is 0 Å². The van der Waals surface area contributed by atoms with Crippen LogP contribution in [0.4, 0.5) is 10.3 Å². The molecule has 21 heavy (non-hydrogen) atoms. The molecule has 0 aliphatic carbocycles. The highest BCUT2D eigenvalue weighted by atomic mass is 32.2. The number of nitrogens with zero attached hydrogens (tertiary/aromatic N) is 6. The molecule has 0 unspecified atom stereocenters. The molecule has 2 N–H and O–H groups in total. The Morgan fingerprint density at radius 1 is 1.29 bits per heavy atom. The van der Waals surface area contributed by atoms with Gasteiger partial charge >= 0.3 is 0 Å². The number of anilines is 1. The molecule has 0 fully saturated rings. The van der Waals surface area contributed by atoms with E-state index in [0.29, 0.717) is 0 Å². The molecule has 11 heteroatoms. The van der Waals surface area contributed by atoms with E-state index in [9.17, 15) is 12.8 Å². The lowest BCUT2D eigenvalue weighted by molar-refractivity contribution is 0.592. The summed E-state index contributed by atoms with van der Waals surface area (Å²) in [4.78, 5) is 15.0. The molecule has 3 aromatic rings. The Balaban J connectivity index is 2.26. The molecule has 0 aromatic carbocycles. The minimum Gasteiger partial charge on any atom is -0.368 e. The number of nitrogen functional groups attached to an aromatic ring is 1. The van der Waals surface area contributed by atoms with Crippen LogP contribution >= 0.6 is 0 Å². The number of pyridine rings is 1. The minimum absolute atomic E-state index is 0.00144. The summed E-state index contributed by atoms with van der Waals surface area (Å²) in [6.07, 6.45) is 3.33. The molecule has 0 aliphatic rings. The SMILES string of the molecule is CS(=O)(=O)c1nc(N)n2nc(-c3ccncc3F)nc2n1. The van der Waals surface area contributed by atoms with E-state index >= 15 is 0 Å². The van der Waals surface area contributed by atoms with Gasteiger partial charge in [0.15, 0.2) is 11.6 Å². The molecule has 9 nitrogen and oxygen atoms in total. The van der Waals surface area contributed by atoms with E-state index in [1.165, 1.54) is 12.3 Å². The first-order valence-electron chi connectivity index (χ1n) is 5.56. The van der Waals surface area contributed by atoms with Gasteiger partial charge in [-0.1, -0.05) is 0 Å². The highest BCUT2D eigenvalue weighted by Crippen LogP contribution is 2.19. The Kier molecular flexibility index (Phi) is 2.79. The monoisotopic (exact) mass is 309 g/mol. The van der Waals surface area contributed by atoms with Crippen LogP contribution in [-0.2, 0) is 9.84 Å². The number of halogens is 1. The second-order valence-electron chi connectivity index (χ2n) is 4.14. The number of rotatable bonds is 2. The van der Waals surface area contributed by atoms with Gasteiger partial charge < -0.3 is 5.73 Å². The van der Waals surface area contributed by atoms with Crippen molar-refractivity contribution in [3.8, 4) is 11.4 Å². The van der Waals surface area contributed by atoms with Gasteiger partial charge in [-0.2, -0.15) is 19.5 Å². The first kappa shape index (κ1) is 13.3. The fraction of sp³-hybridized carbons (Fsp3) is 0.100. The quantitative estimate of drug-likeness (QED) is 0.683. The predicted octanol–water partition coefficient (Wildman–Crippen LogP) is -0.294. The second kappa shape index (κ2) is 4.41. The largest absolute Gasteiger partial charge is 0.368 e. The van der Waals surface area contributed by atoms with E-state index in [0.717, 1.165) is 17.0 Å². The van der Waals surface area contributed by atoms with Crippen LogP contribution in [0.3, 0.4) is 0 Å². The van der Waals surface area contributed by atoms with Gasteiger partial charge in [0.25, 0.3) is 10.9 Å². The third-order valence-corrected chi connectivity index (χ3v) is 3.40. The highest BCUT2D eigenvalue weighted by Gasteiger charge is 2.18. The summed E-state index contributed by atoms with van der Waals surface area (Å²) in [5.74, 6) is -0.924. The third kappa shape index (κ3) is 2.27. The molecule has 3 rings (SSSR count). The number of hydrogen-bond donors (Lipinski definition) is 1. The van der Waals surface area contributed by atoms with Gasteiger partial charge in [-0.3, -0.25) is 4.98 Å². The average Bonchev–Trinajstić information content (AvgIpc) is 2.82. The van der Waals surface area contributed by atoms with Crippen molar-refractivity contribution in [3.05, 3.63) is 24.3 Å². The number of fused-ring (bicyclic) bond motifs is 1. The zero-order chi connectivity index (χ0) is 15.2. The lowest BCUT2D eigenvalue weighted by Crippen LogP contribution is -2.11. The van der Waals surface area contributed by atoms with Gasteiger partial charge in [-0.05, 0) is 6.07 Å². The van der Waals surface area contributed by atoms with Gasteiger partial charge in [0.2, 0.25) is 15.8 Å². The van der Waals surface area contributed by atoms with Crippen LogP contribution in [0.25, 0.3) is 17.2 Å². The molecule has 3 aromatic heterocycles. The summed E-state index contributed by atoms with van der Waals surface area (Å²) in [6, 6.07) is 1.38.